The lowest BCUT2D eigenvalue weighted by Crippen LogP contribution is -2.29. The van der Waals surface area contributed by atoms with Crippen LogP contribution in [0.25, 0.3) is 0 Å². The fourth-order valence-electron chi connectivity index (χ4n) is 0.815. The number of ether oxygens (including phenoxy) is 1. The fraction of sp³-hybridized carbons (Fsp3) is 0.800. The van der Waals surface area contributed by atoms with Crippen molar-refractivity contribution in [2.45, 2.75) is 39.7 Å². The maximum Gasteiger partial charge on any atom is 0.158 e. The smallest absolute Gasteiger partial charge is 0.158 e. The summed E-state index contributed by atoms with van der Waals surface area (Å²) in [5.74, 6) is 0.389. The van der Waals surface area contributed by atoms with E-state index in [-0.39, 0.29) is 12.4 Å². The molecule has 0 saturated carbocycles. The summed E-state index contributed by atoms with van der Waals surface area (Å²) in [5.41, 5.74) is -0.841. The molecule has 3 nitrogen and oxygen atoms in total. The average molecular weight is 186 g/mol. The molecule has 0 aromatic carbocycles. The van der Waals surface area contributed by atoms with Crippen LogP contribution in [-0.4, -0.2) is 24.3 Å². The van der Waals surface area contributed by atoms with Crippen molar-refractivity contribution in [3.63, 3.8) is 0 Å². The predicted octanol–water partition coefficient (Wildman–Crippen LogP) is 1.60. The van der Waals surface area contributed by atoms with Crippen molar-refractivity contribution in [1.29, 1.82) is 0 Å². The summed E-state index contributed by atoms with van der Waals surface area (Å²) in [6.07, 6.45) is 1.21. The van der Waals surface area contributed by atoms with Gasteiger partial charge in [0.1, 0.15) is 12.2 Å². The van der Waals surface area contributed by atoms with Crippen molar-refractivity contribution in [3.05, 3.63) is 0 Å². The van der Waals surface area contributed by atoms with Crippen LogP contribution in [-0.2, 0) is 14.3 Å². The molecule has 0 aromatic heterocycles. The first-order chi connectivity index (χ1) is 5.87. The Kier molecular flexibility index (Phi) is 4.85. The van der Waals surface area contributed by atoms with Gasteiger partial charge in [-0.2, -0.15) is 0 Å². The first-order valence-electron chi connectivity index (χ1n) is 4.49. The van der Waals surface area contributed by atoms with Crippen LogP contribution in [0.15, 0.2) is 0 Å². The van der Waals surface area contributed by atoms with E-state index >= 15 is 0 Å². The summed E-state index contributed by atoms with van der Waals surface area (Å²) >= 11 is 0. The van der Waals surface area contributed by atoms with Crippen LogP contribution >= 0.6 is 0 Å². The fourth-order valence-corrected chi connectivity index (χ4v) is 0.815. The van der Waals surface area contributed by atoms with Crippen molar-refractivity contribution >= 4 is 12.1 Å². The van der Waals surface area contributed by atoms with Gasteiger partial charge in [-0.1, -0.05) is 13.8 Å². The Morgan fingerprint density at radius 1 is 1.46 bits per heavy atom. The Morgan fingerprint density at radius 2 is 2.00 bits per heavy atom. The van der Waals surface area contributed by atoms with Gasteiger partial charge < -0.3 is 9.53 Å². The number of carbonyl (C=O) groups is 2. The highest BCUT2D eigenvalue weighted by Gasteiger charge is 2.18. The van der Waals surface area contributed by atoms with Crippen LogP contribution in [0.1, 0.15) is 34.1 Å². The second-order valence-electron chi connectivity index (χ2n) is 4.15. The molecule has 0 aliphatic heterocycles. The molecule has 0 N–H and O–H groups in total. The topological polar surface area (TPSA) is 43.4 Å². The van der Waals surface area contributed by atoms with Gasteiger partial charge in [0, 0.05) is 6.42 Å². The summed E-state index contributed by atoms with van der Waals surface area (Å²) in [6, 6.07) is 0. The molecule has 0 radical (unpaired) electrons. The van der Waals surface area contributed by atoms with Gasteiger partial charge in [0.2, 0.25) is 0 Å². The van der Waals surface area contributed by atoms with E-state index in [1.165, 1.54) is 0 Å². The Hall–Kier alpha value is -0.700. The molecule has 0 aromatic rings. The Balaban J connectivity index is 3.76. The van der Waals surface area contributed by atoms with Crippen LogP contribution in [0.5, 0.6) is 0 Å². The highest BCUT2D eigenvalue weighted by molar-refractivity contribution is 5.80. The molecule has 3 heteroatoms. The van der Waals surface area contributed by atoms with E-state index in [2.05, 4.69) is 0 Å². The number of aldehydes is 1. The molecule has 0 fully saturated rings. The van der Waals surface area contributed by atoms with Crippen LogP contribution in [0.2, 0.25) is 0 Å². The summed E-state index contributed by atoms with van der Waals surface area (Å²) in [4.78, 5) is 21.6. The van der Waals surface area contributed by atoms with Gasteiger partial charge in [0.15, 0.2) is 12.1 Å². The van der Waals surface area contributed by atoms with E-state index in [4.69, 9.17) is 4.74 Å². The van der Waals surface area contributed by atoms with Crippen LogP contribution < -0.4 is 0 Å². The SMILES string of the molecule is CC(C)CC(=O)COC(C)(C)C=O. The van der Waals surface area contributed by atoms with Gasteiger partial charge in [-0.15, -0.1) is 0 Å². The quantitative estimate of drug-likeness (QED) is 0.592. The molecule has 13 heavy (non-hydrogen) atoms. The minimum atomic E-state index is -0.841. The highest BCUT2D eigenvalue weighted by atomic mass is 16.5. The van der Waals surface area contributed by atoms with Gasteiger partial charge in [-0.25, -0.2) is 0 Å². The number of hydrogen-bond acceptors (Lipinski definition) is 3. The third-order valence-corrected chi connectivity index (χ3v) is 1.52. The van der Waals surface area contributed by atoms with Gasteiger partial charge in [0.25, 0.3) is 0 Å². The molecular weight excluding hydrogens is 168 g/mol. The average Bonchev–Trinajstić information content (AvgIpc) is 2.00. The Morgan fingerprint density at radius 3 is 2.38 bits per heavy atom. The van der Waals surface area contributed by atoms with E-state index in [0.29, 0.717) is 18.6 Å². The zero-order valence-corrected chi connectivity index (χ0v) is 8.79. The number of rotatable bonds is 6. The second-order valence-corrected chi connectivity index (χ2v) is 4.15. The molecule has 0 atom stereocenters. The molecular formula is C10H18O3. The van der Waals surface area contributed by atoms with E-state index in [1.54, 1.807) is 13.8 Å². The molecule has 0 unspecified atom stereocenters. The molecule has 0 spiro atoms. The maximum absolute atomic E-state index is 11.2. The molecule has 0 saturated heterocycles. The Labute approximate surface area is 79.5 Å². The van der Waals surface area contributed by atoms with Gasteiger partial charge in [-0.05, 0) is 19.8 Å². The molecule has 0 bridgehead atoms. The Bertz CT molecular complexity index is 183. The molecule has 0 rings (SSSR count). The van der Waals surface area contributed by atoms with Crippen molar-refractivity contribution in [1.82, 2.24) is 0 Å². The maximum atomic E-state index is 11.2. The van der Waals surface area contributed by atoms with Crippen molar-refractivity contribution in [2.75, 3.05) is 6.61 Å². The van der Waals surface area contributed by atoms with E-state index in [1.807, 2.05) is 13.8 Å². The summed E-state index contributed by atoms with van der Waals surface area (Å²) < 4.78 is 5.12. The molecule has 0 aliphatic carbocycles. The van der Waals surface area contributed by atoms with E-state index in [0.717, 1.165) is 0 Å². The zero-order chi connectivity index (χ0) is 10.5. The largest absolute Gasteiger partial charge is 0.360 e. The minimum Gasteiger partial charge on any atom is -0.360 e. The summed E-state index contributed by atoms with van der Waals surface area (Å²) in [7, 11) is 0. The van der Waals surface area contributed by atoms with Gasteiger partial charge in [0.05, 0.1) is 0 Å². The first kappa shape index (κ1) is 12.3. The minimum absolute atomic E-state index is 0.0317. The van der Waals surface area contributed by atoms with Crippen LogP contribution in [0.4, 0.5) is 0 Å². The molecule has 0 amide bonds. The van der Waals surface area contributed by atoms with Gasteiger partial charge >= 0.3 is 0 Å². The van der Waals surface area contributed by atoms with Crippen molar-refractivity contribution in [2.24, 2.45) is 5.92 Å². The standard InChI is InChI=1S/C10H18O3/c1-8(2)5-9(12)6-13-10(3,4)7-11/h7-8H,5-6H2,1-4H3. The third kappa shape index (κ3) is 6.46. The van der Waals surface area contributed by atoms with Crippen LogP contribution in [0, 0.1) is 5.92 Å². The summed E-state index contributed by atoms with van der Waals surface area (Å²) in [5, 5.41) is 0. The molecule has 76 valence electrons. The number of Topliss-reactive ketones (excluding diaryl/α,β-unsaturated/α-hetero) is 1. The first-order valence-corrected chi connectivity index (χ1v) is 4.49. The van der Waals surface area contributed by atoms with E-state index < -0.39 is 5.60 Å². The zero-order valence-electron chi connectivity index (χ0n) is 8.79. The lowest BCUT2D eigenvalue weighted by atomic mass is 10.1. The van der Waals surface area contributed by atoms with Crippen molar-refractivity contribution < 1.29 is 14.3 Å². The highest BCUT2D eigenvalue weighted by Crippen LogP contribution is 2.06. The summed E-state index contributed by atoms with van der Waals surface area (Å²) in [6.45, 7) is 7.26. The number of hydrogen-bond donors (Lipinski definition) is 0. The number of ketones is 1. The lowest BCUT2D eigenvalue weighted by Gasteiger charge is -2.17. The second kappa shape index (κ2) is 5.12. The monoisotopic (exact) mass is 186 g/mol. The molecule has 0 aliphatic rings. The lowest BCUT2D eigenvalue weighted by molar-refractivity contribution is -0.136. The molecule has 0 heterocycles. The van der Waals surface area contributed by atoms with E-state index in [9.17, 15) is 9.59 Å². The third-order valence-electron chi connectivity index (χ3n) is 1.52. The number of carbonyl (C=O) groups excluding carboxylic acids is 2. The normalized spacial score (nSPS) is 11.8. The van der Waals surface area contributed by atoms with Crippen LogP contribution in [0.3, 0.4) is 0 Å². The van der Waals surface area contributed by atoms with Crippen molar-refractivity contribution in [3.8, 4) is 0 Å². The predicted molar refractivity (Wildman–Crippen MR) is 50.6 cm³/mol. The van der Waals surface area contributed by atoms with Gasteiger partial charge in [-0.3, -0.25) is 4.79 Å².